The normalized spacial score (nSPS) is 11.0. The summed E-state index contributed by atoms with van der Waals surface area (Å²) < 4.78 is 1.20. The predicted octanol–water partition coefficient (Wildman–Crippen LogP) is 3.58. The SMILES string of the molecule is O=C(CCc1ccc(Cl)c(Cl)c1)c1nc2sccn2c(=O)c1O. The summed E-state index contributed by atoms with van der Waals surface area (Å²) in [6, 6.07) is 5.11. The molecule has 118 valence electrons. The van der Waals surface area contributed by atoms with Crippen molar-refractivity contribution >= 4 is 45.3 Å². The fraction of sp³-hybridized carbons (Fsp3) is 0.133. The molecule has 23 heavy (non-hydrogen) atoms. The van der Waals surface area contributed by atoms with Crippen LogP contribution in [0.2, 0.25) is 10.0 Å². The van der Waals surface area contributed by atoms with Gasteiger partial charge in [-0.2, -0.15) is 0 Å². The van der Waals surface area contributed by atoms with Crippen molar-refractivity contribution in [1.29, 1.82) is 0 Å². The second kappa shape index (κ2) is 6.31. The molecule has 0 aliphatic carbocycles. The van der Waals surface area contributed by atoms with Crippen LogP contribution in [0.15, 0.2) is 34.6 Å². The molecule has 0 radical (unpaired) electrons. The van der Waals surface area contributed by atoms with Crippen LogP contribution in [0.5, 0.6) is 5.75 Å². The Morgan fingerprint density at radius 1 is 1.30 bits per heavy atom. The van der Waals surface area contributed by atoms with E-state index < -0.39 is 17.1 Å². The Balaban J connectivity index is 1.84. The van der Waals surface area contributed by atoms with Crippen LogP contribution < -0.4 is 5.56 Å². The number of hydrogen-bond acceptors (Lipinski definition) is 5. The zero-order valence-corrected chi connectivity index (χ0v) is 14.0. The van der Waals surface area contributed by atoms with E-state index in [2.05, 4.69) is 4.98 Å². The van der Waals surface area contributed by atoms with E-state index in [0.717, 1.165) is 5.56 Å². The van der Waals surface area contributed by atoms with Crippen molar-refractivity contribution in [2.75, 3.05) is 0 Å². The van der Waals surface area contributed by atoms with Crippen LogP contribution in [0, 0.1) is 0 Å². The maximum absolute atomic E-state index is 12.3. The van der Waals surface area contributed by atoms with Crippen LogP contribution in [-0.4, -0.2) is 20.3 Å². The van der Waals surface area contributed by atoms with E-state index in [-0.39, 0.29) is 12.1 Å². The predicted molar refractivity (Wildman–Crippen MR) is 90.1 cm³/mol. The van der Waals surface area contributed by atoms with E-state index in [9.17, 15) is 14.7 Å². The number of Topliss-reactive ketones (excluding diaryl/α,β-unsaturated/α-hetero) is 1. The van der Waals surface area contributed by atoms with Crippen molar-refractivity contribution < 1.29 is 9.90 Å². The second-order valence-electron chi connectivity index (χ2n) is 4.84. The lowest BCUT2D eigenvalue weighted by Gasteiger charge is -2.05. The molecule has 3 rings (SSSR count). The van der Waals surface area contributed by atoms with Gasteiger partial charge in [-0.15, -0.1) is 11.3 Å². The van der Waals surface area contributed by atoms with E-state index in [0.29, 0.717) is 21.4 Å². The van der Waals surface area contributed by atoms with Gasteiger partial charge >= 0.3 is 5.56 Å². The van der Waals surface area contributed by atoms with Gasteiger partial charge in [0.15, 0.2) is 16.4 Å². The first kappa shape index (κ1) is 16.0. The van der Waals surface area contributed by atoms with Gasteiger partial charge in [-0.25, -0.2) is 4.98 Å². The Kier molecular flexibility index (Phi) is 4.39. The molecule has 0 unspecified atom stereocenters. The van der Waals surface area contributed by atoms with Crippen molar-refractivity contribution in [3.63, 3.8) is 0 Å². The van der Waals surface area contributed by atoms with Crippen LogP contribution in [0.4, 0.5) is 0 Å². The van der Waals surface area contributed by atoms with Crippen LogP contribution in [0.25, 0.3) is 4.96 Å². The van der Waals surface area contributed by atoms with E-state index in [1.807, 2.05) is 0 Å². The number of aromatic hydroxyl groups is 1. The van der Waals surface area contributed by atoms with E-state index in [1.165, 1.54) is 21.9 Å². The molecule has 8 heteroatoms. The number of hydrogen-bond donors (Lipinski definition) is 1. The van der Waals surface area contributed by atoms with Crippen molar-refractivity contribution in [2.24, 2.45) is 0 Å². The van der Waals surface area contributed by atoms with Gasteiger partial charge in [-0.05, 0) is 24.1 Å². The topological polar surface area (TPSA) is 71.7 Å². The molecule has 0 aliphatic rings. The molecule has 0 fully saturated rings. The minimum atomic E-state index is -0.644. The van der Waals surface area contributed by atoms with Gasteiger partial charge in [-0.3, -0.25) is 14.0 Å². The first-order chi connectivity index (χ1) is 11.0. The Bertz CT molecular complexity index is 965. The number of nitrogens with zero attached hydrogens (tertiary/aromatic N) is 2. The number of thiazole rings is 1. The number of benzene rings is 1. The maximum atomic E-state index is 12.3. The highest BCUT2D eigenvalue weighted by Gasteiger charge is 2.19. The molecule has 0 amide bonds. The molecule has 5 nitrogen and oxygen atoms in total. The van der Waals surface area contributed by atoms with Crippen molar-refractivity contribution in [2.45, 2.75) is 12.8 Å². The van der Waals surface area contributed by atoms with Crippen molar-refractivity contribution in [3.8, 4) is 5.75 Å². The number of rotatable bonds is 4. The molecule has 0 atom stereocenters. The Morgan fingerprint density at radius 3 is 2.83 bits per heavy atom. The van der Waals surface area contributed by atoms with Gasteiger partial charge < -0.3 is 5.11 Å². The standard InChI is InChI=1S/C15H10Cl2N2O3S/c16-9-3-1-8(7-10(9)17)2-4-11(20)12-13(21)14(22)19-5-6-23-15(19)18-12/h1,3,5-7,21H,2,4H2. The average Bonchev–Trinajstić information content (AvgIpc) is 3.00. The first-order valence-corrected chi connectivity index (χ1v) is 8.27. The zero-order valence-electron chi connectivity index (χ0n) is 11.6. The Labute approximate surface area is 144 Å². The molecule has 1 N–H and O–H groups in total. The van der Waals surface area contributed by atoms with Crippen LogP contribution >= 0.6 is 34.5 Å². The maximum Gasteiger partial charge on any atom is 0.301 e. The molecule has 3 aromatic rings. The second-order valence-corrected chi connectivity index (χ2v) is 6.53. The van der Waals surface area contributed by atoms with Crippen LogP contribution in [0.1, 0.15) is 22.5 Å². The average molecular weight is 369 g/mol. The molecule has 0 saturated heterocycles. The quantitative estimate of drug-likeness (QED) is 0.714. The zero-order chi connectivity index (χ0) is 16.6. The molecule has 1 aromatic carbocycles. The molecule has 0 aliphatic heterocycles. The number of carbonyl (C=O) groups is 1. The van der Waals surface area contributed by atoms with Gasteiger partial charge in [0.05, 0.1) is 10.0 Å². The Hall–Kier alpha value is -1.89. The summed E-state index contributed by atoms with van der Waals surface area (Å²) in [7, 11) is 0. The minimum Gasteiger partial charge on any atom is -0.501 e. The van der Waals surface area contributed by atoms with E-state index in [1.54, 1.807) is 23.6 Å². The highest BCUT2D eigenvalue weighted by Crippen LogP contribution is 2.24. The monoisotopic (exact) mass is 368 g/mol. The number of halogens is 2. The lowest BCUT2D eigenvalue weighted by Crippen LogP contribution is -2.17. The number of fused-ring (bicyclic) bond motifs is 1. The third-order valence-electron chi connectivity index (χ3n) is 3.33. The largest absolute Gasteiger partial charge is 0.501 e. The number of aryl methyl sites for hydroxylation is 1. The van der Waals surface area contributed by atoms with Crippen molar-refractivity contribution in [1.82, 2.24) is 9.38 Å². The van der Waals surface area contributed by atoms with E-state index >= 15 is 0 Å². The molecule has 0 saturated carbocycles. The summed E-state index contributed by atoms with van der Waals surface area (Å²) in [5, 5.41) is 12.4. The summed E-state index contributed by atoms with van der Waals surface area (Å²) in [4.78, 5) is 28.7. The first-order valence-electron chi connectivity index (χ1n) is 6.63. The molecule has 0 bridgehead atoms. The smallest absolute Gasteiger partial charge is 0.301 e. The molecular formula is C15H10Cl2N2O3S. The number of carbonyl (C=O) groups excluding carboxylic acids is 1. The summed E-state index contributed by atoms with van der Waals surface area (Å²) in [5.41, 5.74) is -0.00666. The van der Waals surface area contributed by atoms with Crippen molar-refractivity contribution in [3.05, 3.63) is 61.4 Å². The molecule has 0 spiro atoms. The fourth-order valence-electron chi connectivity index (χ4n) is 2.14. The fourth-order valence-corrected chi connectivity index (χ4v) is 3.16. The lowest BCUT2D eigenvalue weighted by atomic mass is 10.1. The summed E-state index contributed by atoms with van der Waals surface area (Å²) in [5.74, 6) is -1.03. The molecular weight excluding hydrogens is 359 g/mol. The summed E-state index contributed by atoms with van der Waals surface area (Å²) in [6.45, 7) is 0. The highest BCUT2D eigenvalue weighted by atomic mass is 35.5. The molecule has 2 aromatic heterocycles. The summed E-state index contributed by atoms with van der Waals surface area (Å²) >= 11 is 13.0. The van der Waals surface area contributed by atoms with E-state index in [4.69, 9.17) is 23.2 Å². The van der Waals surface area contributed by atoms with Gasteiger partial charge in [-0.1, -0.05) is 29.3 Å². The third kappa shape index (κ3) is 3.10. The van der Waals surface area contributed by atoms with Gasteiger partial charge in [0.25, 0.3) is 0 Å². The highest BCUT2D eigenvalue weighted by molar-refractivity contribution is 7.15. The number of ketones is 1. The number of aromatic nitrogens is 2. The van der Waals surface area contributed by atoms with Crippen LogP contribution in [0.3, 0.4) is 0 Å². The Morgan fingerprint density at radius 2 is 2.09 bits per heavy atom. The van der Waals surface area contributed by atoms with Crippen LogP contribution in [-0.2, 0) is 6.42 Å². The van der Waals surface area contributed by atoms with Gasteiger partial charge in [0.2, 0.25) is 5.75 Å². The molecule has 2 heterocycles. The summed E-state index contributed by atoms with van der Waals surface area (Å²) in [6.07, 6.45) is 2.00. The lowest BCUT2D eigenvalue weighted by molar-refractivity contribution is 0.0975. The minimum absolute atomic E-state index is 0.0967. The van der Waals surface area contributed by atoms with Gasteiger partial charge in [0.1, 0.15) is 0 Å². The third-order valence-corrected chi connectivity index (χ3v) is 4.83. The van der Waals surface area contributed by atoms with Gasteiger partial charge in [0, 0.05) is 18.0 Å².